The topological polar surface area (TPSA) is 137 Å². The van der Waals surface area contributed by atoms with E-state index in [-0.39, 0.29) is 22.8 Å². The molecule has 2 aromatic rings. The summed E-state index contributed by atoms with van der Waals surface area (Å²) in [6, 6.07) is 9.15. The Morgan fingerprint density at radius 2 is 1.75 bits per heavy atom. The number of nitrogens with two attached hydrogens (primary N) is 1. The largest absolute Gasteiger partial charge is 0.496 e. The normalized spacial score (nSPS) is 10.9. The van der Waals surface area contributed by atoms with Crippen molar-refractivity contribution < 1.29 is 27.5 Å². The third-order valence-electron chi connectivity index (χ3n) is 3.76. The van der Waals surface area contributed by atoms with Gasteiger partial charge in [-0.25, -0.2) is 13.6 Å². The second kappa shape index (κ2) is 8.72. The van der Waals surface area contributed by atoms with Gasteiger partial charge >= 0.3 is 0 Å². The quantitative estimate of drug-likeness (QED) is 0.606. The number of nitrogens with one attached hydrogen (secondary N) is 2. The van der Waals surface area contributed by atoms with E-state index in [0.717, 1.165) is 17.2 Å². The first-order chi connectivity index (χ1) is 13.1. The van der Waals surface area contributed by atoms with E-state index in [4.69, 9.17) is 14.6 Å². The van der Waals surface area contributed by atoms with Gasteiger partial charge in [-0.15, -0.1) is 0 Å². The highest BCUT2D eigenvalue weighted by atomic mass is 32.2. The molecular weight excluding hydrogens is 386 g/mol. The number of benzene rings is 2. The number of hydrazine groups is 1. The van der Waals surface area contributed by atoms with Crippen LogP contribution in [0, 0.1) is 13.8 Å². The number of hydrogen-bond donors (Lipinski definition) is 3. The number of methoxy groups -OCH3 is 1. The van der Waals surface area contributed by atoms with Crippen LogP contribution in [-0.4, -0.2) is 33.9 Å². The van der Waals surface area contributed by atoms with Gasteiger partial charge in [0.15, 0.2) is 6.61 Å². The number of hydrogen-bond acceptors (Lipinski definition) is 6. The molecule has 0 aromatic heterocycles. The lowest BCUT2D eigenvalue weighted by molar-refractivity contribution is -0.123. The Labute approximate surface area is 162 Å². The zero-order chi connectivity index (χ0) is 20.9. The standard InChI is InChI=1S/C18H21N3O6S/c1-11-4-5-12(2)16(8-11)27-10-17(22)20-21-18(23)14-9-13(28(19,24)25)6-7-15(14)26-3/h4-9H,10H2,1-3H3,(H,20,22)(H,21,23)(H2,19,24,25). The highest BCUT2D eigenvalue weighted by Gasteiger charge is 2.18. The summed E-state index contributed by atoms with van der Waals surface area (Å²) in [5.41, 5.74) is 6.12. The van der Waals surface area contributed by atoms with Gasteiger partial charge in [0.1, 0.15) is 11.5 Å². The molecule has 0 unspecified atom stereocenters. The fraction of sp³-hybridized carbons (Fsp3) is 0.222. The van der Waals surface area contributed by atoms with Gasteiger partial charge < -0.3 is 9.47 Å². The Morgan fingerprint density at radius 3 is 2.39 bits per heavy atom. The number of amides is 2. The van der Waals surface area contributed by atoms with E-state index in [9.17, 15) is 18.0 Å². The van der Waals surface area contributed by atoms with Crippen molar-refractivity contribution in [3.8, 4) is 11.5 Å². The maximum atomic E-state index is 12.3. The van der Waals surface area contributed by atoms with Crippen LogP contribution in [0.3, 0.4) is 0 Å². The summed E-state index contributed by atoms with van der Waals surface area (Å²) < 4.78 is 33.4. The van der Waals surface area contributed by atoms with Gasteiger partial charge in [0, 0.05) is 0 Å². The fourth-order valence-electron chi connectivity index (χ4n) is 2.28. The summed E-state index contributed by atoms with van der Waals surface area (Å²) >= 11 is 0. The third-order valence-corrected chi connectivity index (χ3v) is 4.67. The summed E-state index contributed by atoms with van der Waals surface area (Å²) in [5, 5.41) is 5.07. The molecule has 0 bridgehead atoms. The molecule has 0 aliphatic rings. The van der Waals surface area contributed by atoms with Gasteiger partial charge in [-0.1, -0.05) is 12.1 Å². The van der Waals surface area contributed by atoms with Gasteiger partial charge in [0.25, 0.3) is 11.8 Å². The van der Waals surface area contributed by atoms with E-state index < -0.39 is 21.8 Å². The fourth-order valence-corrected chi connectivity index (χ4v) is 2.82. The first kappa shape index (κ1) is 21.2. The van der Waals surface area contributed by atoms with Crippen LogP contribution in [0.2, 0.25) is 0 Å². The van der Waals surface area contributed by atoms with Crippen LogP contribution in [-0.2, 0) is 14.8 Å². The summed E-state index contributed by atoms with van der Waals surface area (Å²) in [7, 11) is -2.69. The van der Waals surface area contributed by atoms with Crippen LogP contribution in [0.4, 0.5) is 0 Å². The lowest BCUT2D eigenvalue weighted by Crippen LogP contribution is -2.44. The molecule has 0 spiro atoms. The number of aryl methyl sites for hydroxylation is 2. The molecule has 0 saturated heterocycles. The minimum atomic E-state index is -4.00. The molecule has 2 rings (SSSR count). The molecule has 4 N–H and O–H groups in total. The lowest BCUT2D eigenvalue weighted by Gasteiger charge is -2.12. The average molecular weight is 407 g/mol. The van der Waals surface area contributed by atoms with E-state index in [0.29, 0.717) is 5.75 Å². The van der Waals surface area contributed by atoms with E-state index in [1.165, 1.54) is 19.2 Å². The second-order valence-electron chi connectivity index (χ2n) is 5.97. The molecule has 0 aliphatic carbocycles. The molecule has 10 heteroatoms. The van der Waals surface area contributed by atoms with Gasteiger partial charge in [-0.3, -0.25) is 20.4 Å². The van der Waals surface area contributed by atoms with E-state index in [1.54, 1.807) is 6.07 Å². The Kier molecular flexibility index (Phi) is 6.60. The van der Waals surface area contributed by atoms with Crippen molar-refractivity contribution >= 4 is 21.8 Å². The number of rotatable bonds is 6. The first-order valence-corrected chi connectivity index (χ1v) is 9.66. The molecule has 28 heavy (non-hydrogen) atoms. The smallest absolute Gasteiger partial charge is 0.276 e. The number of carbonyl (C=O) groups excluding carboxylic acids is 2. The summed E-state index contributed by atoms with van der Waals surface area (Å²) in [5.74, 6) is -0.701. The van der Waals surface area contributed by atoms with Crippen LogP contribution in [0.15, 0.2) is 41.3 Å². The highest BCUT2D eigenvalue weighted by Crippen LogP contribution is 2.22. The molecule has 2 aromatic carbocycles. The molecule has 0 fully saturated rings. The Balaban J connectivity index is 2.01. The Morgan fingerprint density at radius 1 is 1.04 bits per heavy atom. The van der Waals surface area contributed by atoms with Crippen LogP contribution in [0.1, 0.15) is 21.5 Å². The molecular formula is C18H21N3O6S. The van der Waals surface area contributed by atoms with Crippen LogP contribution in [0.25, 0.3) is 0 Å². The van der Waals surface area contributed by atoms with Gasteiger partial charge in [0.05, 0.1) is 17.6 Å². The van der Waals surface area contributed by atoms with Crippen LogP contribution in [0.5, 0.6) is 11.5 Å². The maximum absolute atomic E-state index is 12.3. The molecule has 0 saturated carbocycles. The Hall–Kier alpha value is -3.11. The molecule has 0 heterocycles. The minimum Gasteiger partial charge on any atom is -0.496 e. The van der Waals surface area contributed by atoms with Gasteiger partial charge in [-0.2, -0.15) is 0 Å². The van der Waals surface area contributed by atoms with E-state index >= 15 is 0 Å². The second-order valence-corrected chi connectivity index (χ2v) is 7.53. The van der Waals surface area contributed by atoms with Crippen LogP contribution >= 0.6 is 0 Å². The van der Waals surface area contributed by atoms with E-state index in [2.05, 4.69) is 10.9 Å². The average Bonchev–Trinajstić information content (AvgIpc) is 2.65. The summed E-state index contributed by atoms with van der Waals surface area (Å²) in [6.45, 7) is 3.42. The van der Waals surface area contributed by atoms with Crippen molar-refractivity contribution in [1.29, 1.82) is 0 Å². The molecule has 0 atom stereocenters. The zero-order valence-corrected chi connectivity index (χ0v) is 16.4. The number of primary sulfonamides is 1. The molecule has 9 nitrogen and oxygen atoms in total. The molecule has 150 valence electrons. The van der Waals surface area contributed by atoms with E-state index in [1.807, 2.05) is 26.0 Å². The predicted octanol–water partition coefficient (Wildman–Crippen LogP) is 0.799. The minimum absolute atomic E-state index is 0.107. The zero-order valence-electron chi connectivity index (χ0n) is 15.6. The molecule has 0 radical (unpaired) electrons. The van der Waals surface area contributed by atoms with Crippen molar-refractivity contribution in [1.82, 2.24) is 10.9 Å². The number of carbonyl (C=O) groups is 2. The van der Waals surface area contributed by atoms with Gasteiger partial charge in [-0.05, 0) is 49.2 Å². The monoisotopic (exact) mass is 407 g/mol. The summed E-state index contributed by atoms with van der Waals surface area (Å²) in [6.07, 6.45) is 0. The lowest BCUT2D eigenvalue weighted by atomic mass is 10.1. The van der Waals surface area contributed by atoms with Crippen LogP contribution < -0.4 is 25.5 Å². The first-order valence-electron chi connectivity index (χ1n) is 8.12. The predicted molar refractivity (Wildman–Crippen MR) is 101 cm³/mol. The van der Waals surface area contributed by atoms with Crippen molar-refractivity contribution in [2.75, 3.05) is 13.7 Å². The van der Waals surface area contributed by atoms with Gasteiger partial charge in [0.2, 0.25) is 10.0 Å². The van der Waals surface area contributed by atoms with Crippen molar-refractivity contribution in [3.63, 3.8) is 0 Å². The van der Waals surface area contributed by atoms with Crippen molar-refractivity contribution in [2.24, 2.45) is 5.14 Å². The third kappa shape index (κ3) is 5.44. The molecule has 2 amide bonds. The summed E-state index contributed by atoms with van der Waals surface area (Å²) in [4.78, 5) is 24.0. The highest BCUT2D eigenvalue weighted by molar-refractivity contribution is 7.89. The number of sulfonamides is 1. The Bertz CT molecular complexity index is 1000. The van der Waals surface area contributed by atoms with Crippen molar-refractivity contribution in [2.45, 2.75) is 18.7 Å². The SMILES string of the molecule is COc1ccc(S(N)(=O)=O)cc1C(=O)NNC(=O)COc1cc(C)ccc1C. The van der Waals surface area contributed by atoms with Crippen molar-refractivity contribution in [3.05, 3.63) is 53.1 Å². The number of ether oxygens (including phenoxy) is 2. The maximum Gasteiger partial charge on any atom is 0.276 e. The molecule has 0 aliphatic heterocycles.